The van der Waals surface area contributed by atoms with Gasteiger partial charge in [-0.2, -0.15) is 0 Å². The molecule has 4 aromatic rings. The molecule has 8 nitrogen and oxygen atoms in total. The smallest absolute Gasteiger partial charge is 0.264 e. The number of sulfonamides is 1. The minimum Gasteiger partial charge on any atom is -0.495 e. The number of aryl methyl sites for hydroxylation is 2. The predicted molar refractivity (Wildman–Crippen MR) is 190 cm³/mol. The van der Waals surface area contributed by atoms with Crippen molar-refractivity contribution < 1.29 is 22.7 Å². The summed E-state index contributed by atoms with van der Waals surface area (Å²) < 4.78 is 36.3. The fraction of sp³-hybridized carbons (Fsp3) is 0.297. The highest BCUT2D eigenvalue weighted by Gasteiger charge is 2.35. The molecule has 0 aliphatic carbocycles. The molecule has 1 N–H and O–H groups in total. The van der Waals surface area contributed by atoms with Gasteiger partial charge < -0.3 is 15.0 Å². The second-order valence-electron chi connectivity index (χ2n) is 11.5. The van der Waals surface area contributed by atoms with Gasteiger partial charge in [0.1, 0.15) is 18.3 Å². The van der Waals surface area contributed by atoms with Gasteiger partial charge in [-0.25, -0.2) is 8.42 Å². The molecule has 47 heavy (non-hydrogen) atoms. The molecule has 10 heteroatoms. The standard InChI is InChI=1S/C37H42BrN3O5S/c1-5-6-21-39-37(43)34(24-29-11-8-7-9-12-29)40(25-30-13-10-14-31(38)23-30)36(42)26-41(33-22-28(3)17-20-35(33)46-4)47(44,45)32-18-15-27(2)16-19-32/h7-20,22-23,34H,5-6,21,24-26H2,1-4H3,(H,39,43)/t34-/m0/s1. The van der Waals surface area contributed by atoms with Crippen LogP contribution >= 0.6 is 15.9 Å². The number of unbranched alkanes of at least 4 members (excludes halogenated alkanes) is 1. The maximum atomic E-state index is 14.7. The highest BCUT2D eigenvalue weighted by Crippen LogP contribution is 2.34. The van der Waals surface area contributed by atoms with Crippen LogP contribution in [0.3, 0.4) is 0 Å². The topological polar surface area (TPSA) is 96.0 Å². The Hall–Kier alpha value is -4.15. The van der Waals surface area contributed by atoms with E-state index in [4.69, 9.17) is 4.74 Å². The fourth-order valence-electron chi connectivity index (χ4n) is 5.24. The number of halogens is 1. The summed E-state index contributed by atoms with van der Waals surface area (Å²) in [5.74, 6) is -0.529. The Morgan fingerprint density at radius 1 is 0.872 bits per heavy atom. The Morgan fingerprint density at radius 2 is 1.55 bits per heavy atom. The first-order chi connectivity index (χ1) is 22.5. The monoisotopic (exact) mass is 719 g/mol. The minimum atomic E-state index is -4.25. The highest BCUT2D eigenvalue weighted by atomic mass is 79.9. The minimum absolute atomic E-state index is 0.0381. The van der Waals surface area contributed by atoms with Crippen molar-refractivity contribution in [2.45, 2.75) is 57.5 Å². The van der Waals surface area contributed by atoms with E-state index in [1.54, 1.807) is 24.3 Å². The lowest BCUT2D eigenvalue weighted by Gasteiger charge is -2.34. The van der Waals surface area contributed by atoms with Crippen molar-refractivity contribution in [2.75, 3.05) is 24.5 Å². The molecule has 0 radical (unpaired) electrons. The lowest BCUT2D eigenvalue weighted by Crippen LogP contribution is -2.53. The summed E-state index contributed by atoms with van der Waals surface area (Å²) in [6.45, 7) is 5.75. The van der Waals surface area contributed by atoms with E-state index < -0.39 is 28.5 Å². The van der Waals surface area contributed by atoms with E-state index in [1.807, 2.05) is 81.4 Å². The van der Waals surface area contributed by atoms with Gasteiger partial charge in [0.25, 0.3) is 10.0 Å². The summed E-state index contributed by atoms with van der Waals surface area (Å²) in [5.41, 5.74) is 3.59. The van der Waals surface area contributed by atoms with Gasteiger partial charge >= 0.3 is 0 Å². The molecule has 0 heterocycles. The van der Waals surface area contributed by atoms with Gasteiger partial charge in [-0.3, -0.25) is 13.9 Å². The van der Waals surface area contributed by atoms with Crippen molar-refractivity contribution >= 4 is 43.5 Å². The Labute approximate surface area is 286 Å². The van der Waals surface area contributed by atoms with Crippen LogP contribution in [0.4, 0.5) is 5.69 Å². The number of nitrogens with one attached hydrogen (secondary N) is 1. The zero-order valence-corrected chi connectivity index (χ0v) is 29.7. The fourth-order valence-corrected chi connectivity index (χ4v) is 7.10. The van der Waals surface area contributed by atoms with Crippen LogP contribution < -0.4 is 14.4 Å². The maximum Gasteiger partial charge on any atom is 0.264 e. The van der Waals surface area contributed by atoms with Crippen LogP contribution in [-0.2, 0) is 32.6 Å². The number of anilines is 1. The highest BCUT2D eigenvalue weighted by molar-refractivity contribution is 9.10. The molecule has 4 rings (SSSR count). The number of methoxy groups -OCH3 is 1. The molecule has 0 bridgehead atoms. The zero-order valence-electron chi connectivity index (χ0n) is 27.3. The lowest BCUT2D eigenvalue weighted by molar-refractivity contribution is -0.140. The van der Waals surface area contributed by atoms with Crippen molar-refractivity contribution in [2.24, 2.45) is 0 Å². The molecule has 0 aliphatic rings. The molecule has 0 aliphatic heterocycles. The van der Waals surface area contributed by atoms with Gasteiger partial charge in [-0.05, 0) is 73.4 Å². The molecule has 0 saturated heterocycles. The van der Waals surface area contributed by atoms with Crippen molar-refractivity contribution in [1.82, 2.24) is 10.2 Å². The van der Waals surface area contributed by atoms with Crippen molar-refractivity contribution in [3.63, 3.8) is 0 Å². The van der Waals surface area contributed by atoms with Gasteiger partial charge in [-0.1, -0.05) is 95.5 Å². The van der Waals surface area contributed by atoms with Crippen LogP contribution in [0.5, 0.6) is 5.75 Å². The number of hydrogen-bond acceptors (Lipinski definition) is 5. The van der Waals surface area contributed by atoms with Gasteiger partial charge in [0.15, 0.2) is 0 Å². The third-order valence-corrected chi connectivity index (χ3v) is 10.1. The normalized spacial score (nSPS) is 11.9. The van der Waals surface area contributed by atoms with Crippen LogP contribution in [-0.4, -0.2) is 51.4 Å². The predicted octanol–water partition coefficient (Wildman–Crippen LogP) is 6.83. The summed E-state index contributed by atoms with van der Waals surface area (Å²) in [7, 11) is -2.79. The number of ether oxygens (including phenoxy) is 1. The first-order valence-electron chi connectivity index (χ1n) is 15.6. The molecular weight excluding hydrogens is 678 g/mol. The average molecular weight is 721 g/mol. The zero-order chi connectivity index (χ0) is 34.0. The summed E-state index contributed by atoms with van der Waals surface area (Å²) in [5, 5.41) is 3.01. The molecule has 0 spiro atoms. The third kappa shape index (κ3) is 9.45. The first-order valence-corrected chi connectivity index (χ1v) is 17.9. The SMILES string of the molecule is CCCCNC(=O)[C@H](Cc1ccccc1)N(Cc1cccc(Br)c1)C(=O)CN(c1cc(C)ccc1OC)S(=O)(=O)c1ccc(C)cc1. The van der Waals surface area contributed by atoms with E-state index in [-0.39, 0.29) is 29.5 Å². The van der Waals surface area contributed by atoms with Crippen LogP contribution in [0.15, 0.2) is 106 Å². The lowest BCUT2D eigenvalue weighted by atomic mass is 10.0. The second-order valence-corrected chi connectivity index (χ2v) is 14.3. The molecule has 1 atom stereocenters. The maximum absolute atomic E-state index is 14.7. The molecule has 248 valence electrons. The molecular formula is C37H42BrN3O5S. The number of amides is 2. The quantitative estimate of drug-likeness (QED) is 0.136. The number of carbonyl (C=O) groups is 2. The van der Waals surface area contributed by atoms with Crippen molar-refractivity contribution in [3.8, 4) is 5.75 Å². The van der Waals surface area contributed by atoms with E-state index in [2.05, 4.69) is 21.2 Å². The number of benzene rings is 4. The number of rotatable bonds is 15. The molecule has 0 fully saturated rings. The van der Waals surface area contributed by atoms with E-state index in [0.29, 0.717) is 12.3 Å². The van der Waals surface area contributed by atoms with Gasteiger partial charge in [0, 0.05) is 24.0 Å². The number of nitrogens with zero attached hydrogens (tertiary/aromatic N) is 2. The first kappa shape index (κ1) is 35.7. The molecule has 0 aromatic heterocycles. The van der Waals surface area contributed by atoms with E-state index in [0.717, 1.165) is 43.9 Å². The molecule has 4 aromatic carbocycles. The van der Waals surface area contributed by atoms with Gasteiger partial charge in [0.2, 0.25) is 11.8 Å². The van der Waals surface area contributed by atoms with Crippen LogP contribution in [0.2, 0.25) is 0 Å². The average Bonchev–Trinajstić information content (AvgIpc) is 3.05. The second kappa shape index (κ2) is 16.6. The molecule has 0 saturated carbocycles. The summed E-state index contributed by atoms with van der Waals surface area (Å²) in [6, 6.07) is 27.8. The number of hydrogen-bond donors (Lipinski definition) is 1. The van der Waals surface area contributed by atoms with Gasteiger partial charge in [0.05, 0.1) is 17.7 Å². The Morgan fingerprint density at radius 3 is 2.21 bits per heavy atom. The summed E-state index contributed by atoms with van der Waals surface area (Å²) in [4.78, 5) is 30.1. The largest absolute Gasteiger partial charge is 0.495 e. The van der Waals surface area contributed by atoms with Crippen molar-refractivity contribution in [3.05, 3.63) is 124 Å². The van der Waals surface area contributed by atoms with Gasteiger partial charge in [-0.15, -0.1) is 0 Å². The molecule has 0 unspecified atom stereocenters. The van der Waals surface area contributed by atoms with Crippen molar-refractivity contribution in [1.29, 1.82) is 0 Å². The Balaban J connectivity index is 1.84. The van der Waals surface area contributed by atoms with E-state index in [9.17, 15) is 18.0 Å². The van der Waals surface area contributed by atoms with Crippen LogP contribution in [0.25, 0.3) is 0 Å². The van der Waals surface area contributed by atoms with Crippen LogP contribution in [0.1, 0.15) is 42.0 Å². The van der Waals surface area contributed by atoms with Crippen LogP contribution in [0, 0.1) is 13.8 Å². The number of carbonyl (C=O) groups excluding carboxylic acids is 2. The third-order valence-electron chi connectivity index (χ3n) is 7.83. The Bertz CT molecular complexity index is 1760. The molecule has 2 amide bonds. The van der Waals surface area contributed by atoms with E-state index >= 15 is 0 Å². The van der Waals surface area contributed by atoms with E-state index in [1.165, 1.54) is 24.1 Å². The Kier molecular flexibility index (Phi) is 12.6. The summed E-state index contributed by atoms with van der Waals surface area (Å²) in [6.07, 6.45) is 1.94. The summed E-state index contributed by atoms with van der Waals surface area (Å²) >= 11 is 3.52.